The average Bonchev–Trinajstić information content (AvgIpc) is 3.40. The summed E-state index contributed by atoms with van der Waals surface area (Å²) in [4.78, 5) is 55.8. The van der Waals surface area contributed by atoms with Crippen LogP contribution < -0.4 is 25.4 Å². The molecule has 3 N–H and O–H groups in total. The van der Waals surface area contributed by atoms with Gasteiger partial charge in [0.2, 0.25) is 30.4 Å². The number of nitrogens with zero attached hydrogens (tertiary/aromatic N) is 3. The molecule has 0 radical (unpaired) electrons. The predicted octanol–water partition coefficient (Wildman–Crippen LogP) is 0.847. The molecule has 0 unspecified atom stereocenters. The van der Waals surface area contributed by atoms with Crippen molar-refractivity contribution in [3.05, 3.63) is 48.0 Å². The SMILES string of the molecule is CC(=O)Nc1ccc(NC(=O)C[C@@H]2C(=O)NCCN2C(=O)CN2CCN(Cc3ccc4c(c3)OCO4)CC2)cc1. The zero-order chi connectivity index (χ0) is 28.1. The number of hydrogen-bond donors (Lipinski definition) is 3. The van der Waals surface area contributed by atoms with Gasteiger partial charge in [0.05, 0.1) is 13.0 Å². The summed E-state index contributed by atoms with van der Waals surface area (Å²) in [7, 11) is 0. The Balaban J connectivity index is 1.11. The Morgan fingerprint density at radius 1 is 0.900 bits per heavy atom. The maximum absolute atomic E-state index is 13.3. The van der Waals surface area contributed by atoms with Gasteiger partial charge in [0.25, 0.3) is 0 Å². The van der Waals surface area contributed by atoms with E-state index in [-0.39, 0.29) is 43.4 Å². The minimum absolute atomic E-state index is 0.145. The van der Waals surface area contributed by atoms with Crippen LogP contribution in [-0.2, 0) is 25.7 Å². The number of piperazine rings is 2. The van der Waals surface area contributed by atoms with Crippen molar-refractivity contribution in [2.24, 2.45) is 0 Å². The van der Waals surface area contributed by atoms with E-state index in [0.29, 0.717) is 24.5 Å². The minimum Gasteiger partial charge on any atom is -0.454 e. The monoisotopic (exact) mass is 550 g/mol. The van der Waals surface area contributed by atoms with Gasteiger partial charge in [-0.15, -0.1) is 0 Å². The van der Waals surface area contributed by atoms with Crippen molar-refractivity contribution in [2.45, 2.75) is 25.9 Å². The number of carbonyl (C=O) groups is 4. The summed E-state index contributed by atoms with van der Waals surface area (Å²) in [5.41, 5.74) is 2.30. The van der Waals surface area contributed by atoms with Gasteiger partial charge >= 0.3 is 0 Å². The van der Waals surface area contributed by atoms with Crippen LogP contribution in [0.3, 0.4) is 0 Å². The molecule has 0 spiro atoms. The molecule has 2 saturated heterocycles. The second kappa shape index (κ2) is 12.3. The van der Waals surface area contributed by atoms with Gasteiger partial charge < -0.3 is 30.3 Å². The minimum atomic E-state index is -0.868. The second-order valence-electron chi connectivity index (χ2n) is 10.1. The highest BCUT2D eigenvalue weighted by atomic mass is 16.7. The number of carbonyl (C=O) groups excluding carboxylic acids is 4. The van der Waals surface area contributed by atoms with Crippen LogP contribution >= 0.6 is 0 Å². The lowest BCUT2D eigenvalue weighted by Gasteiger charge is -2.38. The molecule has 0 bridgehead atoms. The van der Waals surface area contributed by atoms with Crippen molar-refractivity contribution in [2.75, 3.05) is 63.2 Å². The van der Waals surface area contributed by atoms with Crippen LogP contribution in [0.1, 0.15) is 18.9 Å². The second-order valence-corrected chi connectivity index (χ2v) is 10.1. The summed E-state index contributed by atoms with van der Waals surface area (Å²) in [5.74, 6) is 0.500. The fraction of sp³-hybridized carbons (Fsp3) is 0.429. The maximum atomic E-state index is 13.3. The first-order chi connectivity index (χ1) is 19.3. The Hall–Kier alpha value is -4.16. The van der Waals surface area contributed by atoms with Crippen LogP contribution in [0.25, 0.3) is 0 Å². The summed E-state index contributed by atoms with van der Waals surface area (Å²) < 4.78 is 10.9. The van der Waals surface area contributed by atoms with E-state index in [0.717, 1.165) is 49.8 Å². The number of hydrogen-bond acceptors (Lipinski definition) is 8. The highest BCUT2D eigenvalue weighted by Crippen LogP contribution is 2.32. The molecule has 12 heteroatoms. The first-order valence-electron chi connectivity index (χ1n) is 13.4. The summed E-state index contributed by atoms with van der Waals surface area (Å²) in [6.07, 6.45) is -0.145. The molecule has 0 aliphatic carbocycles. The van der Waals surface area contributed by atoms with E-state index in [4.69, 9.17) is 9.47 Å². The fourth-order valence-corrected chi connectivity index (χ4v) is 5.13. The average molecular weight is 551 g/mol. The molecule has 40 heavy (non-hydrogen) atoms. The fourth-order valence-electron chi connectivity index (χ4n) is 5.13. The third kappa shape index (κ3) is 6.88. The van der Waals surface area contributed by atoms with Crippen LogP contribution in [-0.4, -0.2) is 97.0 Å². The van der Waals surface area contributed by atoms with Crippen molar-refractivity contribution in [3.8, 4) is 11.5 Å². The van der Waals surface area contributed by atoms with Gasteiger partial charge in [-0.1, -0.05) is 6.07 Å². The van der Waals surface area contributed by atoms with Crippen LogP contribution in [0.15, 0.2) is 42.5 Å². The molecule has 0 saturated carbocycles. The highest BCUT2D eigenvalue weighted by Gasteiger charge is 2.35. The number of fused-ring (bicyclic) bond motifs is 1. The van der Waals surface area contributed by atoms with Crippen LogP contribution in [0.4, 0.5) is 11.4 Å². The quantitative estimate of drug-likeness (QED) is 0.441. The summed E-state index contributed by atoms with van der Waals surface area (Å²) in [6.45, 7) is 6.47. The van der Waals surface area contributed by atoms with Gasteiger partial charge in [-0.05, 0) is 42.0 Å². The predicted molar refractivity (Wildman–Crippen MR) is 147 cm³/mol. The van der Waals surface area contributed by atoms with Gasteiger partial charge in [-0.25, -0.2) is 0 Å². The van der Waals surface area contributed by atoms with E-state index in [2.05, 4.69) is 25.8 Å². The van der Waals surface area contributed by atoms with Crippen molar-refractivity contribution < 1.29 is 28.7 Å². The number of ether oxygens (including phenoxy) is 2. The zero-order valence-corrected chi connectivity index (χ0v) is 22.5. The lowest BCUT2D eigenvalue weighted by Crippen LogP contribution is -2.60. The zero-order valence-electron chi connectivity index (χ0n) is 22.5. The van der Waals surface area contributed by atoms with Crippen LogP contribution in [0.5, 0.6) is 11.5 Å². The molecule has 3 aliphatic heterocycles. The van der Waals surface area contributed by atoms with Gasteiger partial charge in [0.15, 0.2) is 11.5 Å². The molecule has 2 aromatic rings. The Morgan fingerprint density at radius 2 is 1.57 bits per heavy atom. The van der Waals surface area contributed by atoms with E-state index >= 15 is 0 Å². The molecule has 1 atom stereocenters. The molecule has 212 valence electrons. The number of anilines is 2. The van der Waals surface area contributed by atoms with E-state index < -0.39 is 6.04 Å². The summed E-state index contributed by atoms with van der Waals surface area (Å²) in [5, 5.41) is 8.20. The molecule has 2 fully saturated rings. The largest absolute Gasteiger partial charge is 0.454 e. The smallest absolute Gasteiger partial charge is 0.243 e. The van der Waals surface area contributed by atoms with Crippen molar-refractivity contribution in [1.29, 1.82) is 0 Å². The van der Waals surface area contributed by atoms with E-state index in [1.807, 2.05) is 18.2 Å². The van der Waals surface area contributed by atoms with Crippen molar-refractivity contribution in [3.63, 3.8) is 0 Å². The molecule has 3 aliphatic rings. The van der Waals surface area contributed by atoms with Crippen molar-refractivity contribution >= 4 is 35.0 Å². The molecular weight excluding hydrogens is 516 g/mol. The summed E-state index contributed by atoms with van der Waals surface area (Å²) >= 11 is 0. The van der Waals surface area contributed by atoms with Gasteiger partial charge in [-0.2, -0.15) is 0 Å². The number of nitrogens with one attached hydrogen (secondary N) is 3. The lowest BCUT2D eigenvalue weighted by molar-refractivity contribution is -0.145. The Kier molecular flexibility index (Phi) is 8.46. The third-order valence-electron chi connectivity index (χ3n) is 7.19. The van der Waals surface area contributed by atoms with Gasteiger partial charge in [0, 0.05) is 64.1 Å². The first-order valence-corrected chi connectivity index (χ1v) is 13.4. The van der Waals surface area contributed by atoms with E-state index in [9.17, 15) is 19.2 Å². The van der Waals surface area contributed by atoms with Gasteiger partial charge in [-0.3, -0.25) is 29.0 Å². The van der Waals surface area contributed by atoms with Gasteiger partial charge in [0.1, 0.15) is 6.04 Å². The molecular formula is C28H34N6O6. The Labute approximate surface area is 232 Å². The molecule has 5 rings (SSSR count). The highest BCUT2D eigenvalue weighted by molar-refractivity contribution is 5.98. The number of benzene rings is 2. The topological polar surface area (TPSA) is 133 Å². The summed E-state index contributed by atoms with van der Waals surface area (Å²) in [6, 6.07) is 11.8. The molecule has 12 nitrogen and oxygen atoms in total. The van der Waals surface area contributed by atoms with Crippen LogP contribution in [0, 0.1) is 0 Å². The third-order valence-corrected chi connectivity index (χ3v) is 7.19. The first kappa shape index (κ1) is 27.4. The van der Waals surface area contributed by atoms with Crippen LogP contribution in [0.2, 0.25) is 0 Å². The number of amides is 4. The molecule has 4 amide bonds. The standard InChI is InChI=1S/C28H34N6O6/c1-19(35)30-21-3-5-22(6-4-21)31-26(36)15-23-28(38)29-8-9-34(23)27(37)17-33-12-10-32(11-13-33)16-20-2-7-24-25(14-20)40-18-39-24/h2-7,14,23H,8-13,15-18H2,1H3,(H,29,38)(H,30,35)(H,31,36)/t23-/m1/s1. The van der Waals surface area contributed by atoms with E-state index in [1.54, 1.807) is 24.3 Å². The van der Waals surface area contributed by atoms with Crippen molar-refractivity contribution in [1.82, 2.24) is 20.0 Å². The Bertz CT molecular complexity index is 1260. The lowest BCUT2D eigenvalue weighted by atomic mass is 10.1. The number of rotatable bonds is 8. The molecule has 2 aromatic carbocycles. The normalized spacial score (nSPS) is 19.2. The maximum Gasteiger partial charge on any atom is 0.243 e. The Morgan fingerprint density at radius 3 is 2.30 bits per heavy atom. The van der Waals surface area contributed by atoms with E-state index in [1.165, 1.54) is 11.8 Å². The molecule has 3 heterocycles. The molecule has 0 aromatic heterocycles.